The molecule has 1 atom stereocenters. The number of benzene rings is 2. The van der Waals surface area contributed by atoms with Crippen LogP contribution in [0.2, 0.25) is 5.02 Å². The number of aliphatic hydroxyl groups is 2. The van der Waals surface area contributed by atoms with Gasteiger partial charge in [0.05, 0.1) is 33.5 Å². The first-order valence-electron chi connectivity index (χ1n) is 18.7. The molecule has 2 aromatic carbocycles. The van der Waals surface area contributed by atoms with Crippen molar-refractivity contribution in [3.05, 3.63) is 114 Å². The molecule has 0 saturated heterocycles. The fourth-order valence-corrected chi connectivity index (χ4v) is 9.34. The third kappa shape index (κ3) is 10.0. The number of nitrogens with one attached hydrogen (secondary N) is 2. The molecule has 0 bridgehead atoms. The van der Waals surface area contributed by atoms with Crippen molar-refractivity contribution in [3.63, 3.8) is 0 Å². The van der Waals surface area contributed by atoms with E-state index < -0.39 is 17.7 Å². The smallest absolute Gasteiger partial charge is 0.349 e. The molecular formula is C41H46ClF2N5O8S2. The van der Waals surface area contributed by atoms with Gasteiger partial charge in [0.2, 0.25) is 22.9 Å². The summed E-state index contributed by atoms with van der Waals surface area (Å²) in [6, 6.07) is 17.1. The molecule has 7 rings (SSSR count). The number of halogens is 3. The predicted octanol–water partition coefficient (Wildman–Crippen LogP) is 6.85. The van der Waals surface area contributed by atoms with E-state index >= 15 is 0 Å². The zero-order valence-electron chi connectivity index (χ0n) is 32.3. The van der Waals surface area contributed by atoms with E-state index in [1.807, 2.05) is 22.9 Å². The van der Waals surface area contributed by atoms with Crippen LogP contribution < -0.4 is 15.6 Å². The Morgan fingerprint density at radius 3 is 2.46 bits per heavy atom. The highest BCUT2D eigenvalue weighted by Crippen LogP contribution is 2.38. The number of ether oxygens (including phenoxy) is 2. The molecule has 1 fully saturated rings. The number of carbonyl (C=O) groups excluding carboxylic acids is 1. The van der Waals surface area contributed by atoms with Crippen LogP contribution in [0.5, 0.6) is 11.5 Å². The molecule has 13 nitrogen and oxygen atoms in total. The number of pyridine rings is 1. The molecule has 1 aliphatic rings. The van der Waals surface area contributed by atoms with Crippen LogP contribution in [-0.4, -0.2) is 80.7 Å². The lowest BCUT2D eigenvalue weighted by molar-refractivity contribution is -0.169. The van der Waals surface area contributed by atoms with Gasteiger partial charge in [-0.05, 0) is 98.4 Å². The number of nitrogens with zero attached hydrogens (tertiary/aromatic N) is 3. The highest BCUT2D eigenvalue weighted by Gasteiger charge is 2.45. The Balaban J connectivity index is 0.00000331. The largest absolute Gasteiger partial charge is 0.506 e. The number of aromatic amines is 1. The van der Waals surface area contributed by atoms with Crippen molar-refractivity contribution >= 4 is 51.1 Å². The number of aryl methyl sites for hydroxylation is 1. The molecular weight excluding hydrogens is 828 g/mol. The SMILES string of the molecule is COc1cc(-c2noc(CCCN(C)C3CCC(OC(=O)C(O)(c4cccs4)c4cccs4)CC3)n2)c(Cl)cc1CNCC(O)c1ccc(O)c2[nH]c(=O)ccc12.F.F. The number of thiophene rings is 2. The average molecular weight is 874 g/mol. The number of aliphatic hydroxyl groups excluding tert-OH is 1. The van der Waals surface area contributed by atoms with Gasteiger partial charge in [0.1, 0.15) is 17.6 Å². The van der Waals surface area contributed by atoms with Gasteiger partial charge in [0.15, 0.2) is 0 Å². The summed E-state index contributed by atoms with van der Waals surface area (Å²) in [5.41, 5.74) is 0.0112. The Kier molecular flexibility index (Phi) is 15.4. The number of carbonyl (C=O) groups is 1. The maximum atomic E-state index is 13.4. The zero-order chi connectivity index (χ0) is 40.1. The fourth-order valence-electron chi connectivity index (χ4n) is 7.36. The van der Waals surface area contributed by atoms with Crippen LogP contribution in [0.1, 0.15) is 65.0 Å². The number of phenolic OH excluding ortho intramolecular Hbond substituents is 1. The van der Waals surface area contributed by atoms with E-state index in [2.05, 4.69) is 32.4 Å². The Morgan fingerprint density at radius 1 is 1.08 bits per heavy atom. The topological polar surface area (TPSA) is 183 Å². The van der Waals surface area contributed by atoms with Crippen molar-refractivity contribution in [3.8, 4) is 22.9 Å². The van der Waals surface area contributed by atoms with Gasteiger partial charge in [-0.3, -0.25) is 14.2 Å². The molecule has 4 aromatic heterocycles. The molecule has 0 amide bonds. The number of hydrogen-bond acceptors (Lipinski definition) is 14. The first-order chi connectivity index (χ1) is 27.5. The van der Waals surface area contributed by atoms with Crippen molar-refractivity contribution in [2.75, 3.05) is 27.2 Å². The number of fused-ring (bicyclic) bond motifs is 1. The Bertz CT molecular complexity index is 2320. The lowest BCUT2D eigenvalue weighted by Gasteiger charge is -2.35. The van der Waals surface area contributed by atoms with Crippen LogP contribution in [0.25, 0.3) is 22.3 Å². The second-order valence-electron chi connectivity index (χ2n) is 14.2. The Morgan fingerprint density at radius 2 is 1.80 bits per heavy atom. The van der Waals surface area contributed by atoms with E-state index in [4.69, 9.17) is 25.6 Å². The summed E-state index contributed by atoms with van der Waals surface area (Å²) in [6.07, 6.45) is 3.41. The molecule has 1 aliphatic carbocycles. The first kappa shape index (κ1) is 45.3. The molecule has 316 valence electrons. The van der Waals surface area contributed by atoms with Gasteiger partial charge in [-0.25, -0.2) is 4.79 Å². The molecule has 4 heterocycles. The maximum Gasteiger partial charge on any atom is 0.349 e. The van der Waals surface area contributed by atoms with Crippen molar-refractivity contribution in [2.24, 2.45) is 0 Å². The van der Waals surface area contributed by atoms with E-state index in [-0.39, 0.29) is 38.9 Å². The van der Waals surface area contributed by atoms with E-state index in [9.17, 15) is 24.9 Å². The van der Waals surface area contributed by atoms with E-state index in [0.29, 0.717) is 67.8 Å². The number of rotatable bonds is 16. The van der Waals surface area contributed by atoms with Gasteiger partial charge < -0.3 is 44.5 Å². The molecule has 5 N–H and O–H groups in total. The van der Waals surface area contributed by atoms with Crippen LogP contribution >= 0.6 is 34.3 Å². The summed E-state index contributed by atoms with van der Waals surface area (Å²) >= 11 is 9.39. The lowest BCUT2D eigenvalue weighted by Crippen LogP contribution is -2.42. The lowest BCUT2D eigenvalue weighted by atomic mass is 9.91. The van der Waals surface area contributed by atoms with Crippen molar-refractivity contribution in [1.82, 2.24) is 25.3 Å². The van der Waals surface area contributed by atoms with E-state index in [1.54, 1.807) is 43.5 Å². The Hall–Kier alpha value is -4.75. The first-order valence-corrected chi connectivity index (χ1v) is 20.8. The van der Waals surface area contributed by atoms with E-state index in [0.717, 1.165) is 44.2 Å². The second-order valence-corrected chi connectivity index (χ2v) is 16.5. The van der Waals surface area contributed by atoms with Gasteiger partial charge in [-0.2, -0.15) is 4.98 Å². The summed E-state index contributed by atoms with van der Waals surface area (Å²) in [6.45, 7) is 1.33. The summed E-state index contributed by atoms with van der Waals surface area (Å²) in [4.78, 5) is 35.8. The predicted molar refractivity (Wildman–Crippen MR) is 224 cm³/mol. The van der Waals surface area contributed by atoms with Crippen molar-refractivity contribution in [1.29, 1.82) is 0 Å². The molecule has 0 spiro atoms. The summed E-state index contributed by atoms with van der Waals surface area (Å²) in [5.74, 6) is 0.717. The van der Waals surface area contributed by atoms with E-state index in [1.165, 1.54) is 34.8 Å². The van der Waals surface area contributed by atoms with Crippen LogP contribution in [-0.2, 0) is 28.1 Å². The monoisotopic (exact) mass is 873 g/mol. The van der Waals surface area contributed by atoms with Gasteiger partial charge in [-0.15, -0.1) is 22.7 Å². The molecule has 1 unspecified atom stereocenters. The highest BCUT2D eigenvalue weighted by molar-refractivity contribution is 7.12. The molecule has 0 radical (unpaired) electrons. The molecule has 1 saturated carbocycles. The molecule has 18 heteroatoms. The maximum absolute atomic E-state index is 13.4. The van der Waals surface area contributed by atoms with Crippen LogP contribution in [0.3, 0.4) is 0 Å². The number of aromatic nitrogens is 3. The van der Waals surface area contributed by atoms with Gasteiger partial charge in [0.25, 0.3) is 0 Å². The second kappa shape index (κ2) is 20.0. The van der Waals surface area contributed by atoms with Crippen molar-refractivity contribution < 1.29 is 43.5 Å². The third-order valence-electron chi connectivity index (χ3n) is 10.5. The molecule has 6 aromatic rings. The fraction of sp³-hybridized carbons (Fsp3) is 0.366. The van der Waals surface area contributed by atoms with Gasteiger partial charge >= 0.3 is 5.97 Å². The number of aromatic hydroxyl groups is 1. The summed E-state index contributed by atoms with van der Waals surface area (Å²) < 4.78 is 17.2. The van der Waals surface area contributed by atoms with Gasteiger partial charge in [0, 0.05) is 48.1 Å². The average Bonchev–Trinajstić information content (AvgIpc) is 4.03. The molecule has 59 heavy (non-hydrogen) atoms. The normalized spacial score (nSPS) is 16.0. The number of methoxy groups -OCH3 is 1. The van der Waals surface area contributed by atoms with Crippen molar-refractivity contribution in [2.45, 2.75) is 68.9 Å². The highest BCUT2D eigenvalue weighted by atomic mass is 35.5. The van der Waals surface area contributed by atoms with Crippen LogP contribution in [0.4, 0.5) is 9.41 Å². The number of phenols is 1. The standard InChI is InChI=1S/C41H44ClN5O8S2.2FH/c1-47(25-9-11-26(12-10-25)54-40(51)41(52,34-6-4-18-56-34)35-7-5-19-57-35)17-3-8-37-45-39(46-55-37)29-21-33(53-2)24(20-30(29)42)22-43-23-32(49)27-13-15-31(48)38-28(27)14-16-36(50)44-38;;/h4-7,13-16,18-21,25-26,32,43,48-49,52H,3,8-12,17,22-23H2,1-2H3,(H,44,50);2*1H. The number of H-pyrrole nitrogens is 1. The number of esters is 1. The Labute approximate surface area is 351 Å². The third-order valence-corrected chi connectivity index (χ3v) is 12.8. The van der Waals surface area contributed by atoms with Crippen LogP contribution in [0, 0.1) is 0 Å². The zero-order valence-corrected chi connectivity index (χ0v) is 34.6. The quantitative estimate of drug-likeness (QED) is 0.0639. The number of hydrogen-bond donors (Lipinski definition) is 5. The minimum atomic E-state index is -1.80. The minimum absolute atomic E-state index is 0. The summed E-state index contributed by atoms with van der Waals surface area (Å²) in [5, 5.41) is 44.8. The minimum Gasteiger partial charge on any atom is -0.506 e. The summed E-state index contributed by atoms with van der Waals surface area (Å²) in [7, 11) is 3.66. The molecule has 0 aliphatic heterocycles. The van der Waals surface area contributed by atoms with Crippen LogP contribution in [0.15, 0.2) is 80.7 Å². The van der Waals surface area contributed by atoms with Gasteiger partial charge in [-0.1, -0.05) is 35.0 Å².